The van der Waals surface area contributed by atoms with Crippen LogP contribution in [0.4, 0.5) is 0 Å². The maximum atomic E-state index is 12.0. The van der Waals surface area contributed by atoms with Crippen molar-refractivity contribution in [1.29, 1.82) is 0 Å². The van der Waals surface area contributed by atoms with Crippen molar-refractivity contribution in [3.63, 3.8) is 0 Å². The average molecular weight is 361 g/mol. The van der Waals surface area contributed by atoms with Gasteiger partial charge in [0.05, 0.1) is 13.2 Å². The number of benzene rings is 1. The number of hydrogen-bond donors (Lipinski definition) is 1. The third-order valence-corrected chi connectivity index (χ3v) is 4.75. The van der Waals surface area contributed by atoms with E-state index < -0.39 is 0 Å². The molecule has 0 aromatic heterocycles. The minimum atomic E-state index is -0.00263. The minimum Gasteiger partial charge on any atom is -0.370 e. The van der Waals surface area contributed by atoms with E-state index in [0.717, 1.165) is 25.5 Å². The van der Waals surface area contributed by atoms with E-state index in [9.17, 15) is 4.79 Å². The van der Waals surface area contributed by atoms with Crippen LogP contribution in [0.25, 0.3) is 0 Å². The van der Waals surface area contributed by atoms with Crippen LogP contribution in [0.15, 0.2) is 29.3 Å². The summed E-state index contributed by atoms with van der Waals surface area (Å²) in [5.74, 6) is 0.786. The van der Waals surface area contributed by atoms with Gasteiger partial charge in [-0.05, 0) is 31.4 Å². The van der Waals surface area contributed by atoms with Gasteiger partial charge in [-0.2, -0.15) is 0 Å². The number of guanidine groups is 1. The lowest BCUT2D eigenvalue weighted by Crippen LogP contribution is -2.50. The summed E-state index contributed by atoms with van der Waals surface area (Å²) in [6.07, 6.45) is 1.00. The van der Waals surface area contributed by atoms with Crippen molar-refractivity contribution in [1.82, 2.24) is 15.1 Å². The van der Waals surface area contributed by atoms with E-state index in [2.05, 4.69) is 48.1 Å². The molecule has 0 saturated carbocycles. The van der Waals surface area contributed by atoms with Crippen LogP contribution in [-0.4, -0.2) is 68.0 Å². The molecule has 2 atom stereocenters. The second kappa shape index (κ2) is 9.57. The predicted molar refractivity (Wildman–Crippen MR) is 105 cm³/mol. The topological polar surface area (TPSA) is 57.2 Å². The molecule has 0 aliphatic carbocycles. The zero-order chi connectivity index (χ0) is 19.1. The number of hydrogen-bond acceptors (Lipinski definition) is 3. The van der Waals surface area contributed by atoms with E-state index in [0.29, 0.717) is 12.6 Å². The smallest absolute Gasteiger partial charge is 0.243 e. The standard InChI is InChI=1S/C20H32N4O2/c1-6-16(3)22-20(21-13-19(25)23(4)5)24-11-12-26-18(14-24)17-10-8-7-9-15(17)2/h7-10,16,18H,6,11-14H2,1-5H3,(H,21,22). The summed E-state index contributed by atoms with van der Waals surface area (Å²) in [5.41, 5.74) is 2.44. The van der Waals surface area contributed by atoms with Crippen molar-refractivity contribution >= 4 is 11.9 Å². The van der Waals surface area contributed by atoms with Crippen LogP contribution in [0, 0.1) is 6.92 Å². The normalized spacial score (nSPS) is 19.2. The molecular weight excluding hydrogens is 328 g/mol. The molecule has 1 N–H and O–H groups in total. The average Bonchev–Trinajstić information content (AvgIpc) is 2.64. The lowest BCUT2D eigenvalue weighted by molar-refractivity contribution is -0.127. The molecule has 1 aromatic carbocycles. The maximum Gasteiger partial charge on any atom is 0.243 e. The Labute approximate surface area is 157 Å². The van der Waals surface area contributed by atoms with Gasteiger partial charge in [0.15, 0.2) is 5.96 Å². The molecule has 6 heteroatoms. The van der Waals surface area contributed by atoms with E-state index in [4.69, 9.17) is 4.74 Å². The molecule has 1 saturated heterocycles. The van der Waals surface area contributed by atoms with Gasteiger partial charge >= 0.3 is 0 Å². The Morgan fingerprint density at radius 2 is 2.15 bits per heavy atom. The Balaban J connectivity index is 2.16. The largest absolute Gasteiger partial charge is 0.370 e. The fourth-order valence-corrected chi connectivity index (χ4v) is 2.82. The number of carbonyl (C=O) groups is 1. The van der Waals surface area contributed by atoms with E-state index >= 15 is 0 Å². The molecule has 0 spiro atoms. The van der Waals surface area contributed by atoms with Gasteiger partial charge in [-0.15, -0.1) is 0 Å². The number of ether oxygens (including phenoxy) is 1. The number of likely N-dealkylation sites (N-methyl/N-ethyl adjacent to an activating group) is 1. The molecule has 1 aliphatic heterocycles. The van der Waals surface area contributed by atoms with Gasteiger partial charge in [0.2, 0.25) is 5.91 Å². The summed E-state index contributed by atoms with van der Waals surface area (Å²) in [5, 5.41) is 3.47. The zero-order valence-corrected chi connectivity index (χ0v) is 16.7. The first-order chi connectivity index (χ1) is 12.4. The fraction of sp³-hybridized carbons (Fsp3) is 0.600. The van der Waals surface area contributed by atoms with E-state index in [1.165, 1.54) is 11.1 Å². The third kappa shape index (κ3) is 5.46. The maximum absolute atomic E-state index is 12.0. The van der Waals surface area contributed by atoms with Crippen molar-refractivity contribution in [3.8, 4) is 0 Å². The Morgan fingerprint density at radius 1 is 1.42 bits per heavy atom. The van der Waals surface area contributed by atoms with Crippen LogP contribution in [0.5, 0.6) is 0 Å². The van der Waals surface area contributed by atoms with Gasteiger partial charge < -0.3 is 19.9 Å². The first kappa shape index (κ1) is 20.2. The van der Waals surface area contributed by atoms with Gasteiger partial charge in [-0.1, -0.05) is 31.2 Å². The quantitative estimate of drug-likeness (QED) is 0.646. The monoisotopic (exact) mass is 360 g/mol. The fourth-order valence-electron chi connectivity index (χ4n) is 2.82. The van der Waals surface area contributed by atoms with Crippen molar-refractivity contribution in [2.45, 2.75) is 39.3 Å². The van der Waals surface area contributed by atoms with Crippen LogP contribution in [-0.2, 0) is 9.53 Å². The third-order valence-electron chi connectivity index (χ3n) is 4.75. The number of nitrogens with zero attached hydrogens (tertiary/aromatic N) is 3. The number of morpholine rings is 1. The van der Waals surface area contributed by atoms with Gasteiger partial charge in [0.1, 0.15) is 12.6 Å². The second-order valence-electron chi connectivity index (χ2n) is 7.04. The highest BCUT2D eigenvalue weighted by atomic mass is 16.5. The van der Waals surface area contributed by atoms with Crippen LogP contribution in [0.3, 0.4) is 0 Å². The van der Waals surface area contributed by atoms with E-state index in [1.54, 1.807) is 19.0 Å². The highest BCUT2D eigenvalue weighted by Gasteiger charge is 2.26. The van der Waals surface area contributed by atoms with Gasteiger partial charge in [-0.25, -0.2) is 4.99 Å². The number of aliphatic imine (C=N–C) groups is 1. The first-order valence-corrected chi connectivity index (χ1v) is 9.35. The molecule has 1 aromatic rings. The molecule has 1 fully saturated rings. The lowest BCUT2D eigenvalue weighted by atomic mass is 10.0. The first-order valence-electron chi connectivity index (χ1n) is 9.35. The molecule has 2 unspecified atom stereocenters. The van der Waals surface area contributed by atoms with Crippen molar-refractivity contribution in [2.75, 3.05) is 40.3 Å². The van der Waals surface area contributed by atoms with Crippen molar-refractivity contribution in [3.05, 3.63) is 35.4 Å². The molecular formula is C20H32N4O2. The molecule has 0 bridgehead atoms. The number of rotatable bonds is 5. The molecule has 1 heterocycles. The number of aryl methyl sites for hydroxylation is 1. The number of nitrogens with one attached hydrogen (secondary N) is 1. The second-order valence-corrected chi connectivity index (χ2v) is 7.04. The number of amides is 1. The number of carbonyl (C=O) groups excluding carboxylic acids is 1. The Hall–Kier alpha value is -2.08. The Kier molecular flexibility index (Phi) is 7.45. The molecule has 2 rings (SSSR count). The predicted octanol–water partition coefficient (Wildman–Crippen LogP) is 2.20. The molecule has 1 aliphatic rings. The van der Waals surface area contributed by atoms with E-state index in [-0.39, 0.29) is 18.6 Å². The van der Waals surface area contributed by atoms with Crippen LogP contribution >= 0.6 is 0 Å². The zero-order valence-electron chi connectivity index (χ0n) is 16.7. The molecule has 0 radical (unpaired) electrons. The van der Waals surface area contributed by atoms with Crippen molar-refractivity contribution in [2.24, 2.45) is 4.99 Å². The highest BCUT2D eigenvalue weighted by Crippen LogP contribution is 2.25. The van der Waals surface area contributed by atoms with Gasteiger partial charge in [0.25, 0.3) is 0 Å². The summed E-state index contributed by atoms with van der Waals surface area (Å²) >= 11 is 0. The van der Waals surface area contributed by atoms with Crippen LogP contribution in [0.2, 0.25) is 0 Å². The lowest BCUT2D eigenvalue weighted by Gasteiger charge is -2.36. The van der Waals surface area contributed by atoms with Crippen molar-refractivity contribution < 1.29 is 9.53 Å². The summed E-state index contributed by atoms with van der Waals surface area (Å²) in [6.45, 7) is 8.65. The van der Waals surface area contributed by atoms with E-state index in [1.807, 2.05) is 12.1 Å². The molecule has 144 valence electrons. The molecule has 1 amide bonds. The summed E-state index contributed by atoms with van der Waals surface area (Å²) in [4.78, 5) is 20.3. The Morgan fingerprint density at radius 3 is 2.81 bits per heavy atom. The van der Waals surface area contributed by atoms with Gasteiger partial charge in [0, 0.05) is 26.7 Å². The minimum absolute atomic E-state index is 0.00263. The summed E-state index contributed by atoms with van der Waals surface area (Å²) < 4.78 is 6.02. The molecule has 26 heavy (non-hydrogen) atoms. The Bertz CT molecular complexity index is 630. The highest BCUT2D eigenvalue weighted by molar-refractivity contribution is 5.85. The summed E-state index contributed by atoms with van der Waals surface area (Å²) in [7, 11) is 3.51. The van der Waals surface area contributed by atoms with Crippen LogP contribution < -0.4 is 5.32 Å². The SMILES string of the molecule is CCC(C)NC(=NCC(=O)N(C)C)N1CCOC(c2ccccc2C)C1. The van der Waals surface area contributed by atoms with Gasteiger partial charge in [-0.3, -0.25) is 4.79 Å². The summed E-state index contributed by atoms with van der Waals surface area (Å²) in [6, 6.07) is 8.62. The van der Waals surface area contributed by atoms with Crippen LogP contribution in [0.1, 0.15) is 37.5 Å². The molecule has 6 nitrogen and oxygen atoms in total.